The minimum atomic E-state index is -4.52. The zero-order valence-corrected chi connectivity index (χ0v) is 19.7. The van der Waals surface area contributed by atoms with E-state index in [9.17, 15) is 16.8 Å². The molecule has 15 heteroatoms. The lowest BCUT2D eigenvalue weighted by molar-refractivity contribution is 0.578. The number of hydrogen-bond acceptors (Lipinski definition) is 9. The Kier molecular flexibility index (Phi) is 6.72. The number of nitrogens with two attached hydrogens (primary N) is 1. The molecule has 0 saturated carbocycles. The highest BCUT2D eigenvalue weighted by Gasteiger charge is 2.32. The van der Waals surface area contributed by atoms with Crippen molar-refractivity contribution in [2.24, 2.45) is 5.14 Å². The Labute approximate surface area is 195 Å². The quantitative estimate of drug-likeness (QED) is 0.253. The van der Waals surface area contributed by atoms with Crippen LogP contribution in [0, 0.1) is 0 Å². The standard InChI is InChI=1S/C15H14N8O4S2.C4H9N/c1-17-29(26,27)11-6-5-8(9-3-2-4-10-13(9)19-7-18-10)12(14(11)28(16,24)25)15-20-22-23-21-15;1-2-4-5-3-1/h2-7,17H,1H3,(H,18,19)(H2,16,24,25)(H,20,21,22,23);5H,1-4H2. The van der Waals surface area contributed by atoms with Gasteiger partial charge in [0.2, 0.25) is 25.9 Å². The highest BCUT2D eigenvalue weighted by atomic mass is 32.2. The number of hydrogen-bond donors (Lipinski definition) is 5. The summed E-state index contributed by atoms with van der Waals surface area (Å²) < 4.78 is 52.1. The molecule has 2 aromatic heterocycles. The Bertz CT molecular complexity index is 1500. The summed E-state index contributed by atoms with van der Waals surface area (Å²) >= 11 is 0. The van der Waals surface area contributed by atoms with Crippen molar-refractivity contribution >= 4 is 31.1 Å². The number of para-hydroxylation sites is 1. The van der Waals surface area contributed by atoms with Gasteiger partial charge in [0.05, 0.1) is 22.9 Å². The lowest BCUT2D eigenvalue weighted by Crippen LogP contribution is -2.24. The molecule has 2 aromatic carbocycles. The van der Waals surface area contributed by atoms with Crippen LogP contribution in [-0.2, 0) is 20.0 Å². The molecule has 0 amide bonds. The van der Waals surface area contributed by atoms with Crippen molar-refractivity contribution in [1.29, 1.82) is 0 Å². The maximum atomic E-state index is 12.5. The van der Waals surface area contributed by atoms with Gasteiger partial charge in [0, 0.05) is 5.56 Å². The summed E-state index contributed by atoms with van der Waals surface area (Å²) in [6, 6.07) is 7.86. The van der Waals surface area contributed by atoms with Crippen LogP contribution in [0.15, 0.2) is 46.5 Å². The van der Waals surface area contributed by atoms with Crippen LogP contribution in [0.5, 0.6) is 0 Å². The minimum Gasteiger partial charge on any atom is -0.345 e. The lowest BCUT2D eigenvalue weighted by atomic mass is 9.98. The molecule has 1 aliphatic rings. The van der Waals surface area contributed by atoms with Gasteiger partial charge in [-0.25, -0.2) is 31.7 Å². The molecule has 0 atom stereocenters. The average Bonchev–Trinajstić information content (AvgIpc) is 3.60. The number of aromatic amines is 2. The van der Waals surface area contributed by atoms with E-state index in [-0.39, 0.29) is 11.4 Å². The number of nitrogens with zero attached hydrogens (tertiary/aromatic N) is 4. The van der Waals surface area contributed by atoms with Crippen LogP contribution >= 0.6 is 0 Å². The number of benzene rings is 2. The minimum absolute atomic E-state index is 0.104. The van der Waals surface area contributed by atoms with Gasteiger partial charge < -0.3 is 10.3 Å². The van der Waals surface area contributed by atoms with Crippen LogP contribution in [0.1, 0.15) is 12.8 Å². The SMILES string of the molecule is C1CCNC1.CNS(=O)(=O)c1ccc(-c2cccc3[nH]cnc23)c(-c2nn[nH]n2)c1S(N)(=O)=O. The third-order valence-electron chi connectivity index (χ3n) is 5.23. The number of imidazole rings is 1. The Hall–Kier alpha value is -3.24. The number of sulfonamides is 2. The second-order valence-corrected chi connectivity index (χ2v) is 10.7. The molecule has 13 nitrogen and oxygen atoms in total. The van der Waals surface area contributed by atoms with Crippen LogP contribution in [0.4, 0.5) is 0 Å². The van der Waals surface area contributed by atoms with Crippen LogP contribution in [-0.4, -0.2) is 67.6 Å². The van der Waals surface area contributed by atoms with E-state index in [2.05, 4.69) is 40.6 Å². The monoisotopic (exact) mass is 505 g/mol. The van der Waals surface area contributed by atoms with Crippen LogP contribution in [0.25, 0.3) is 33.5 Å². The molecule has 3 heterocycles. The number of nitrogens with one attached hydrogen (secondary N) is 4. The fourth-order valence-corrected chi connectivity index (χ4v) is 6.01. The smallest absolute Gasteiger partial charge is 0.241 e. The van der Waals surface area contributed by atoms with Gasteiger partial charge in [-0.1, -0.05) is 18.2 Å². The number of aromatic nitrogens is 6. The van der Waals surface area contributed by atoms with E-state index in [1.807, 2.05) is 0 Å². The number of tetrazole rings is 1. The number of rotatable bonds is 5. The van der Waals surface area contributed by atoms with Crippen LogP contribution in [0.3, 0.4) is 0 Å². The van der Waals surface area contributed by atoms with E-state index in [1.54, 1.807) is 18.2 Å². The van der Waals surface area contributed by atoms with Crippen molar-refractivity contribution < 1.29 is 16.8 Å². The Morgan fingerprint density at radius 3 is 2.38 bits per heavy atom. The molecule has 34 heavy (non-hydrogen) atoms. The van der Waals surface area contributed by atoms with Crippen molar-refractivity contribution in [3.63, 3.8) is 0 Å². The van der Waals surface area contributed by atoms with E-state index in [0.29, 0.717) is 22.2 Å². The summed E-state index contributed by atoms with van der Waals surface area (Å²) in [7, 11) is -7.53. The Balaban J connectivity index is 0.000000486. The normalized spacial score (nSPS) is 14.2. The summed E-state index contributed by atoms with van der Waals surface area (Å²) in [5.41, 5.74) is 1.99. The molecule has 0 bridgehead atoms. The van der Waals surface area contributed by atoms with Crippen molar-refractivity contribution in [2.75, 3.05) is 20.1 Å². The summed E-state index contributed by atoms with van der Waals surface area (Å²) in [4.78, 5) is 6.06. The van der Waals surface area contributed by atoms with E-state index in [1.165, 1.54) is 38.3 Å². The zero-order valence-electron chi connectivity index (χ0n) is 18.1. The summed E-state index contributed by atoms with van der Waals surface area (Å²) in [5.74, 6) is -0.135. The molecule has 0 radical (unpaired) electrons. The molecule has 1 fully saturated rings. The number of H-pyrrole nitrogens is 2. The van der Waals surface area contributed by atoms with E-state index in [0.717, 1.165) is 13.1 Å². The van der Waals surface area contributed by atoms with Crippen molar-refractivity contribution in [1.82, 2.24) is 40.6 Å². The largest absolute Gasteiger partial charge is 0.345 e. The molecular formula is C19H23N9O4S2. The molecule has 4 aromatic rings. The highest BCUT2D eigenvalue weighted by molar-refractivity contribution is 7.92. The van der Waals surface area contributed by atoms with E-state index < -0.39 is 29.8 Å². The zero-order chi connectivity index (χ0) is 24.3. The second kappa shape index (κ2) is 9.55. The van der Waals surface area contributed by atoms with Crippen molar-refractivity contribution in [3.8, 4) is 22.5 Å². The van der Waals surface area contributed by atoms with Gasteiger partial charge in [0.25, 0.3) is 0 Å². The highest BCUT2D eigenvalue weighted by Crippen LogP contribution is 2.40. The molecule has 1 saturated heterocycles. The van der Waals surface area contributed by atoms with Gasteiger partial charge in [-0.2, -0.15) is 5.21 Å². The second-order valence-electron chi connectivity index (χ2n) is 7.36. The number of fused-ring (bicyclic) bond motifs is 1. The summed E-state index contributed by atoms with van der Waals surface area (Å²) in [5, 5.41) is 22.1. The van der Waals surface area contributed by atoms with Gasteiger partial charge >= 0.3 is 0 Å². The predicted molar refractivity (Wildman–Crippen MR) is 124 cm³/mol. The van der Waals surface area contributed by atoms with Gasteiger partial charge in [-0.05, 0) is 55.9 Å². The molecule has 6 N–H and O–H groups in total. The van der Waals surface area contributed by atoms with Gasteiger partial charge in [-0.3, -0.25) is 0 Å². The van der Waals surface area contributed by atoms with E-state index >= 15 is 0 Å². The molecule has 180 valence electrons. The maximum absolute atomic E-state index is 12.5. The van der Waals surface area contributed by atoms with Gasteiger partial charge in [-0.15, -0.1) is 10.2 Å². The fourth-order valence-electron chi connectivity index (χ4n) is 3.69. The molecule has 0 aliphatic carbocycles. The van der Waals surface area contributed by atoms with Crippen molar-refractivity contribution in [2.45, 2.75) is 22.6 Å². The molecular weight excluding hydrogens is 482 g/mol. The average molecular weight is 506 g/mol. The predicted octanol–water partition coefficient (Wildman–Crippen LogP) is 0.335. The third-order valence-corrected chi connectivity index (χ3v) is 7.81. The lowest BCUT2D eigenvalue weighted by Gasteiger charge is -2.16. The summed E-state index contributed by atoms with van der Waals surface area (Å²) in [6.45, 7) is 2.50. The third kappa shape index (κ3) is 4.69. The molecule has 1 aliphatic heterocycles. The Morgan fingerprint density at radius 1 is 1.03 bits per heavy atom. The first-order valence-electron chi connectivity index (χ1n) is 10.2. The van der Waals surface area contributed by atoms with Crippen molar-refractivity contribution in [3.05, 3.63) is 36.7 Å². The maximum Gasteiger partial charge on any atom is 0.241 e. The van der Waals surface area contributed by atoms with Gasteiger partial charge in [0.1, 0.15) is 9.79 Å². The first kappa shape index (κ1) is 23.9. The number of primary sulfonamides is 1. The first-order chi connectivity index (χ1) is 16.2. The van der Waals surface area contributed by atoms with Crippen LogP contribution in [0.2, 0.25) is 0 Å². The van der Waals surface area contributed by atoms with E-state index in [4.69, 9.17) is 5.14 Å². The summed E-state index contributed by atoms with van der Waals surface area (Å²) in [6.07, 6.45) is 4.27. The van der Waals surface area contributed by atoms with Gasteiger partial charge in [0.15, 0.2) is 0 Å². The first-order valence-corrected chi connectivity index (χ1v) is 13.3. The Morgan fingerprint density at radius 2 is 1.79 bits per heavy atom. The fraction of sp³-hybridized carbons (Fsp3) is 0.263. The molecule has 0 unspecified atom stereocenters. The topological polar surface area (TPSA) is 201 Å². The van der Waals surface area contributed by atoms with Crippen LogP contribution < -0.4 is 15.2 Å². The molecule has 0 spiro atoms. The molecule has 5 rings (SSSR count).